The summed E-state index contributed by atoms with van der Waals surface area (Å²) in [5.41, 5.74) is 6.11. The summed E-state index contributed by atoms with van der Waals surface area (Å²) in [5.74, 6) is 0.0333. The number of aliphatic carboxylic acids is 1. The maximum atomic E-state index is 11.3. The number of carboxylic acid groups (broad SMARTS) is 1. The van der Waals surface area contributed by atoms with E-state index < -0.39 is 5.97 Å². The Bertz CT molecular complexity index is 598. The fourth-order valence-corrected chi connectivity index (χ4v) is 4.65. The minimum Gasteiger partial charge on any atom is -0.477 e. The summed E-state index contributed by atoms with van der Waals surface area (Å²) in [6, 6.07) is 0. The van der Waals surface area contributed by atoms with Crippen molar-refractivity contribution in [3.63, 3.8) is 0 Å². The first-order valence-corrected chi connectivity index (χ1v) is 13.8. The van der Waals surface area contributed by atoms with Crippen LogP contribution in [0.4, 0.5) is 0 Å². The zero-order valence-corrected chi connectivity index (χ0v) is 21.6. The maximum Gasteiger partial charge on any atom is 0.360 e. The van der Waals surface area contributed by atoms with E-state index >= 15 is 0 Å². The molecule has 0 spiro atoms. The first-order valence-electron chi connectivity index (χ1n) is 13.8. The molecule has 5 nitrogen and oxygen atoms in total. The molecule has 0 bridgehead atoms. The van der Waals surface area contributed by atoms with Crippen LogP contribution in [0.1, 0.15) is 129 Å². The Kier molecular flexibility index (Phi) is 16.9. The van der Waals surface area contributed by atoms with Crippen LogP contribution in [-0.4, -0.2) is 34.1 Å². The molecule has 0 aromatic carbocycles. The van der Waals surface area contributed by atoms with Gasteiger partial charge in [-0.05, 0) is 32.1 Å². The zero-order valence-electron chi connectivity index (χ0n) is 21.6. The number of amidine groups is 1. The van der Waals surface area contributed by atoms with Crippen LogP contribution in [0.5, 0.6) is 0 Å². The van der Waals surface area contributed by atoms with E-state index in [2.05, 4.69) is 24.1 Å². The van der Waals surface area contributed by atoms with Crippen molar-refractivity contribution in [2.24, 2.45) is 10.7 Å². The van der Waals surface area contributed by atoms with Crippen molar-refractivity contribution < 1.29 is 14.4 Å². The SMILES string of the molecule is CCCCCCCCCCCCCCC/C=C/CCCCC1=NC=C[N+]1(CC(=O)O)C(C)N. The normalized spacial score (nSPS) is 18.8. The molecule has 1 aliphatic rings. The summed E-state index contributed by atoms with van der Waals surface area (Å²) in [6.07, 6.45) is 31.3. The first-order chi connectivity index (χ1) is 16.0. The second-order valence-electron chi connectivity index (χ2n) is 9.81. The van der Waals surface area contributed by atoms with E-state index in [4.69, 9.17) is 5.73 Å². The number of rotatable bonds is 22. The fraction of sp³-hybridized carbons (Fsp3) is 0.786. The molecule has 0 amide bonds. The van der Waals surface area contributed by atoms with Gasteiger partial charge in [-0.3, -0.25) is 5.73 Å². The Morgan fingerprint density at radius 3 is 1.88 bits per heavy atom. The molecule has 1 rings (SSSR count). The summed E-state index contributed by atoms with van der Waals surface area (Å²) in [5, 5.41) is 9.27. The molecule has 1 aliphatic heterocycles. The molecule has 1 heterocycles. The highest BCUT2D eigenvalue weighted by molar-refractivity contribution is 5.81. The van der Waals surface area contributed by atoms with Gasteiger partial charge in [0.15, 0.2) is 6.54 Å². The van der Waals surface area contributed by atoms with Gasteiger partial charge in [0, 0.05) is 13.3 Å². The van der Waals surface area contributed by atoms with E-state index in [1.54, 1.807) is 6.20 Å². The van der Waals surface area contributed by atoms with E-state index in [1.807, 2.05) is 13.1 Å². The third kappa shape index (κ3) is 13.1. The van der Waals surface area contributed by atoms with Crippen molar-refractivity contribution in [2.75, 3.05) is 6.54 Å². The predicted octanol–water partition coefficient (Wildman–Crippen LogP) is 7.67. The Labute approximate surface area is 203 Å². The standard InChI is InChI=1S/C28H51N3O2/c1-3-4-5-6-7-8-9-10-11-12-13-14-15-16-17-18-19-20-21-22-27-30-23-24-31(27,26(2)29)25-28(32)33/h17-18,23-24,26H,3-16,19-22,25,29H2,1-2H3/p+1/b18-17+. The van der Waals surface area contributed by atoms with Crippen LogP contribution in [0.2, 0.25) is 0 Å². The second-order valence-corrected chi connectivity index (χ2v) is 9.81. The van der Waals surface area contributed by atoms with Gasteiger partial charge in [0.25, 0.3) is 0 Å². The molecule has 0 aliphatic carbocycles. The zero-order chi connectivity index (χ0) is 24.2. The molecule has 0 aromatic rings. The summed E-state index contributed by atoms with van der Waals surface area (Å²) >= 11 is 0. The largest absolute Gasteiger partial charge is 0.477 e. The van der Waals surface area contributed by atoms with Crippen molar-refractivity contribution in [1.82, 2.24) is 0 Å². The van der Waals surface area contributed by atoms with Crippen molar-refractivity contribution in [3.05, 3.63) is 24.6 Å². The van der Waals surface area contributed by atoms with Crippen molar-refractivity contribution in [2.45, 2.75) is 136 Å². The third-order valence-corrected chi connectivity index (χ3v) is 6.82. The van der Waals surface area contributed by atoms with Gasteiger partial charge in [-0.25, -0.2) is 14.3 Å². The number of unbranched alkanes of at least 4 members (excludes halogenated alkanes) is 15. The van der Waals surface area contributed by atoms with Gasteiger partial charge >= 0.3 is 5.97 Å². The number of hydrogen-bond acceptors (Lipinski definition) is 3. The number of carbonyl (C=O) groups is 1. The molecule has 5 heteroatoms. The molecule has 0 saturated heterocycles. The molecule has 2 atom stereocenters. The van der Waals surface area contributed by atoms with E-state index in [1.165, 1.54) is 89.9 Å². The number of allylic oxidation sites excluding steroid dienone is 2. The first kappa shape index (κ1) is 29.6. The lowest BCUT2D eigenvalue weighted by molar-refractivity contribution is -0.805. The number of nitrogens with zero attached hydrogens (tertiary/aromatic N) is 2. The van der Waals surface area contributed by atoms with Crippen LogP contribution in [-0.2, 0) is 4.79 Å². The van der Waals surface area contributed by atoms with Gasteiger partial charge in [-0.2, -0.15) is 0 Å². The predicted molar refractivity (Wildman–Crippen MR) is 141 cm³/mol. The molecule has 0 radical (unpaired) electrons. The lowest BCUT2D eigenvalue weighted by Crippen LogP contribution is -2.59. The molecule has 0 saturated carbocycles. The molecule has 0 aromatic heterocycles. The lowest BCUT2D eigenvalue weighted by Gasteiger charge is -2.34. The minimum absolute atomic E-state index is 0.0357. The van der Waals surface area contributed by atoms with Gasteiger partial charge in [0.05, 0.1) is 6.20 Å². The van der Waals surface area contributed by atoms with Crippen LogP contribution in [0, 0.1) is 0 Å². The Hall–Kier alpha value is -1.46. The van der Waals surface area contributed by atoms with Crippen LogP contribution in [0.25, 0.3) is 0 Å². The molecule has 33 heavy (non-hydrogen) atoms. The van der Waals surface area contributed by atoms with E-state index in [9.17, 15) is 9.90 Å². The monoisotopic (exact) mass is 462 g/mol. The number of hydrogen-bond donors (Lipinski definition) is 2. The molecular formula is C28H52N3O2+. The van der Waals surface area contributed by atoms with Crippen molar-refractivity contribution in [3.8, 4) is 0 Å². The van der Waals surface area contributed by atoms with E-state index in [-0.39, 0.29) is 17.2 Å². The summed E-state index contributed by atoms with van der Waals surface area (Å²) in [6.45, 7) is 4.10. The average Bonchev–Trinajstić information content (AvgIpc) is 3.18. The fourth-order valence-electron chi connectivity index (χ4n) is 4.65. The van der Waals surface area contributed by atoms with Crippen molar-refractivity contribution >= 4 is 11.8 Å². The van der Waals surface area contributed by atoms with E-state index in [0.29, 0.717) is 0 Å². The van der Waals surface area contributed by atoms with Crippen molar-refractivity contribution in [1.29, 1.82) is 0 Å². The number of carboxylic acids is 1. The smallest absolute Gasteiger partial charge is 0.360 e. The highest BCUT2D eigenvalue weighted by Crippen LogP contribution is 2.23. The van der Waals surface area contributed by atoms with E-state index in [0.717, 1.165) is 31.5 Å². The number of quaternary nitrogens is 1. The van der Waals surface area contributed by atoms with Gasteiger partial charge < -0.3 is 5.11 Å². The topological polar surface area (TPSA) is 75.7 Å². The molecule has 3 N–H and O–H groups in total. The average molecular weight is 463 g/mol. The summed E-state index contributed by atoms with van der Waals surface area (Å²) < 4.78 is 0.157. The quantitative estimate of drug-likeness (QED) is 0.0984. The third-order valence-electron chi connectivity index (χ3n) is 6.82. The Morgan fingerprint density at radius 1 is 0.909 bits per heavy atom. The minimum atomic E-state index is -0.845. The van der Waals surface area contributed by atoms with Gasteiger partial charge in [0.2, 0.25) is 5.84 Å². The van der Waals surface area contributed by atoms with Gasteiger partial charge in [0.1, 0.15) is 12.4 Å². The summed E-state index contributed by atoms with van der Waals surface area (Å²) in [7, 11) is 0. The highest BCUT2D eigenvalue weighted by Gasteiger charge is 2.40. The van der Waals surface area contributed by atoms with Crippen LogP contribution in [0.15, 0.2) is 29.5 Å². The second kappa shape index (κ2) is 18.9. The Morgan fingerprint density at radius 2 is 1.39 bits per heavy atom. The highest BCUT2D eigenvalue weighted by atomic mass is 16.4. The number of nitrogens with two attached hydrogens (primary N) is 1. The molecule has 2 unspecified atom stereocenters. The molecule has 0 fully saturated rings. The molecular weight excluding hydrogens is 410 g/mol. The maximum absolute atomic E-state index is 11.3. The van der Waals surface area contributed by atoms with Crippen LogP contribution >= 0.6 is 0 Å². The number of aliphatic imine (C=N–C) groups is 1. The van der Waals surface area contributed by atoms with Crippen LogP contribution < -0.4 is 5.73 Å². The lowest BCUT2D eigenvalue weighted by atomic mass is 10.0. The summed E-state index contributed by atoms with van der Waals surface area (Å²) in [4.78, 5) is 15.7. The van der Waals surface area contributed by atoms with Gasteiger partial charge in [-0.15, -0.1) is 0 Å². The Balaban J connectivity index is 1.95. The van der Waals surface area contributed by atoms with Gasteiger partial charge in [-0.1, -0.05) is 96.1 Å². The van der Waals surface area contributed by atoms with Crippen LogP contribution in [0.3, 0.4) is 0 Å². The molecule has 190 valence electrons.